The van der Waals surface area contributed by atoms with Crippen LogP contribution in [0.15, 0.2) is 69.9 Å². The van der Waals surface area contributed by atoms with Crippen molar-refractivity contribution in [2.45, 2.75) is 99.0 Å². The van der Waals surface area contributed by atoms with Gasteiger partial charge in [0, 0.05) is 23.8 Å². The molecule has 3 aliphatic rings. The molecule has 4 heterocycles. The molecule has 358 valence electrons. The van der Waals surface area contributed by atoms with Gasteiger partial charge in [0.25, 0.3) is 0 Å². The van der Waals surface area contributed by atoms with Crippen LogP contribution in [0.3, 0.4) is 0 Å². The predicted molar refractivity (Wildman–Crippen MR) is 219 cm³/mol. The lowest BCUT2D eigenvalue weighted by Crippen LogP contribution is -2.64. The third-order valence-electron chi connectivity index (χ3n) is 11.1. The van der Waals surface area contributed by atoms with Crippen LogP contribution in [0.1, 0.15) is 12.5 Å². The maximum atomic E-state index is 14.5. The third-order valence-corrected chi connectivity index (χ3v) is 11.1. The first-order chi connectivity index (χ1) is 31.4. The van der Waals surface area contributed by atoms with E-state index in [2.05, 4.69) is 0 Å². The van der Waals surface area contributed by atoms with Gasteiger partial charge in [-0.25, -0.2) is 4.79 Å². The van der Waals surface area contributed by atoms with Crippen molar-refractivity contribution >= 4 is 23.0 Å². The van der Waals surface area contributed by atoms with Crippen LogP contribution in [-0.4, -0.2) is 180 Å². The van der Waals surface area contributed by atoms with E-state index in [4.69, 9.17) is 42.3 Å². The zero-order valence-electron chi connectivity index (χ0n) is 34.8. The fraction of sp³-hybridized carbons (Fsp3) is 0.442. The van der Waals surface area contributed by atoms with Crippen molar-refractivity contribution in [2.24, 2.45) is 0 Å². The second-order valence-corrected chi connectivity index (χ2v) is 15.5. The Hall–Kier alpha value is -5.64. The molecule has 3 aromatic carbocycles. The molecule has 4 aromatic rings. The summed E-state index contributed by atoms with van der Waals surface area (Å²) in [6.45, 7) is -0.362. The highest BCUT2D eigenvalue weighted by Gasteiger charge is 2.52. The lowest BCUT2D eigenvalue weighted by molar-refractivity contribution is -0.354. The number of esters is 1. The number of hydrogen-bond donors (Lipinski definition) is 12. The quantitative estimate of drug-likeness (QED) is 0.0512. The van der Waals surface area contributed by atoms with Crippen LogP contribution in [0.4, 0.5) is 0 Å². The zero-order chi connectivity index (χ0) is 47.7. The highest BCUT2D eigenvalue weighted by Crippen LogP contribution is 2.40. The Kier molecular flexibility index (Phi) is 14.7. The Bertz CT molecular complexity index is 2420. The van der Waals surface area contributed by atoms with Crippen LogP contribution >= 0.6 is 0 Å². The van der Waals surface area contributed by atoms with Gasteiger partial charge in [-0.3, -0.25) is 4.79 Å². The van der Waals surface area contributed by atoms with Crippen LogP contribution in [0.25, 0.3) is 28.4 Å². The van der Waals surface area contributed by atoms with E-state index >= 15 is 0 Å². The highest BCUT2D eigenvalue weighted by atomic mass is 16.8. The van der Waals surface area contributed by atoms with Gasteiger partial charge in [0.15, 0.2) is 35.8 Å². The van der Waals surface area contributed by atoms with Gasteiger partial charge in [0.05, 0.1) is 26.4 Å². The van der Waals surface area contributed by atoms with Gasteiger partial charge >= 0.3 is 5.97 Å². The normalized spacial score (nSPS) is 32.6. The minimum Gasteiger partial charge on any atom is -0.508 e. The summed E-state index contributed by atoms with van der Waals surface area (Å²) < 4.78 is 51.3. The molecule has 3 aliphatic heterocycles. The van der Waals surface area contributed by atoms with Gasteiger partial charge < -0.3 is 104 Å². The van der Waals surface area contributed by atoms with E-state index in [1.807, 2.05) is 0 Å². The lowest BCUT2D eigenvalue weighted by atomic mass is 9.97. The molecule has 1 aromatic heterocycles. The summed E-state index contributed by atoms with van der Waals surface area (Å²) in [5, 5.41) is 126. The summed E-state index contributed by atoms with van der Waals surface area (Å²) in [5.41, 5.74) is -1.05. The molecule has 7 rings (SSSR count). The lowest BCUT2D eigenvalue weighted by Gasteiger charge is -2.45. The van der Waals surface area contributed by atoms with Crippen LogP contribution in [-0.2, 0) is 28.5 Å². The Morgan fingerprint density at radius 1 is 0.697 bits per heavy atom. The Morgan fingerprint density at radius 3 is 1.97 bits per heavy atom. The Morgan fingerprint density at radius 2 is 1.33 bits per heavy atom. The molecule has 0 amide bonds. The maximum absolute atomic E-state index is 14.5. The van der Waals surface area contributed by atoms with Crippen molar-refractivity contribution in [2.75, 3.05) is 20.3 Å². The summed E-state index contributed by atoms with van der Waals surface area (Å²) in [4.78, 5) is 27.5. The molecule has 0 radical (unpaired) electrons. The number of aliphatic hydroxyl groups excluding tert-OH is 9. The first-order valence-corrected chi connectivity index (χ1v) is 20.3. The molecule has 0 bridgehead atoms. The first kappa shape index (κ1) is 48.3. The molecule has 23 nitrogen and oxygen atoms in total. The third kappa shape index (κ3) is 9.75. The molecule has 15 atom stereocenters. The summed E-state index contributed by atoms with van der Waals surface area (Å²) in [6.07, 6.45) is -23.8. The molecular weight excluding hydrogens is 884 g/mol. The molecule has 66 heavy (non-hydrogen) atoms. The SMILES string of the molecule is COc1cc(C=CC(=O)O[C@H]2[C@H](Oc3cc(O)c4c(=O)c(O[C@@H]5O[C@H](CO)[C@@H](O)[C@H](O)[C@H]5O[C@@H]5O[C@@H](C)[C@H](O)[C@@H](O)[C@H]5O)c(-c5ccc(O)cc5)oc4c3)O[C@H](CO)[C@@H](O)[C@@H]2O)ccc1O. The summed E-state index contributed by atoms with van der Waals surface area (Å²) >= 11 is 0. The number of aromatic hydroxyl groups is 3. The van der Waals surface area contributed by atoms with E-state index in [-0.39, 0.29) is 28.6 Å². The van der Waals surface area contributed by atoms with Gasteiger partial charge in [-0.2, -0.15) is 0 Å². The molecular formula is C43H48O23. The summed E-state index contributed by atoms with van der Waals surface area (Å²) in [7, 11) is 1.33. The van der Waals surface area contributed by atoms with Gasteiger partial charge in [0.2, 0.25) is 23.8 Å². The van der Waals surface area contributed by atoms with Gasteiger partial charge in [-0.1, -0.05) is 6.07 Å². The summed E-state index contributed by atoms with van der Waals surface area (Å²) in [5.74, 6) is -3.61. The molecule has 0 aliphatic carbocycles. The van der Waals surface area contributed by atoms with Gasteiger partial charge in [0.1, 0.15) is 83.2 Å². The smallest absolute Gasteiger partial charge is 0.331 e. The average Bonchev–Trinajstić information content (AvgIpc) is 3.29. The molecule has 0 spiro atoms. The maximum Gasteiger partial charge on any atom is 0.331 e. The second-order valence-electron chi connectivity index (χ2n) is 15.5. The number of hydrogen-bond acceptors (Lipinski definition) is 23. The van der Waals surface area contributed by atoms with Crippen LogP contribution in [0, 0.1) is 0 Å². The number of methoxy groups -OCH3 is 1. The number of phenolic OH excluding ortho intramolecular Hbond substituents is 3. The van der Waals surface area contributed by atoms with Gasteiger partial charge in [-0.05, 0) is 55.0 Å². The van der Waals surface area contributed by atoms with E-state index in [1.165, 1.54) is 62.6 Å². The number of fused-ring (bicyclic) bond motifs is 1. The van der Waals surface area contributed by atoms with E-state index < -0.39 is 145 Å². The largest absolute Gasteiger partial charge is 0.508 e. The Labute approximate surface area is 372 Å². The molecule has 0 unspecified atom stereocenters. The number of carbonyl (C=O) groups excluding carboxylic acids is 1. The minimum absolute atomic E-state index is 0.0569. The van der Waals surface area contributed by atoms with Crippen molar-refractivity contribution in [1.82, 2.24) is 0 Å². The number of phenols is 3. The Balaban J connectivity index is 1.24. The second kappa shape index (κ2) is 20.1. The van der Waals surface area contributed by atoms with Crippen molar-refractivity contribution < 1.29 is 108 Å². The fourth-order valence-corrected chi connectivity index (χ4v) is 7.47. The first-order valence-electron chi connectivity index (χ1n) is 20.3. The van der Waals surface area contributed by atoms with E-state index in [9.17, 15) is 70.9 Å². The number of rotatable bonds is 13. The monoisotopic (exact) mass is 932 g/mol. The number of ether oxygens (including phenoxy) is 8. The number of carbonyl (C=O) groups is 1. The molecule has 23 heteroatoms. The highest BCUT2D eigenvalue weighted by molar-refractivity contribution is 5.89. The van der Waals surface area contributed by atoms with Crippen LogP contribution in [0.2, 0.25) is 0 Å². The minimum atomic E-state index is -1.98. The van der Waals surface area contributed by atoms with Crippen LogP contribution < -0.4 is 19.6 Å². The van der Waals surface area contributed by atoms with Crippen molar-refractivity contribution in [3.63, 3.8) is 0 Å². The topological polar surface area (TPSA) is 364 Å². The molecule has 12 N–H and O–H groups in total. The molecule has 0 saturated carbocycles. The standard InChI is InChI=1S/C43H48O23/c1-16-29(50)33(54)36(57)41(59-16)66-40-35(56)31(52)26(15-45)63-43(40)65-38-32(53)28-22(48)12-20(13-24(28)61-37(38)18-5-7-19(46)8-6-18)60-42-39(34(55)30(51)25(14-44)62-42)64-27(49)10-4-17-3-9-21(47)23(11-17)58-2/h3-13,16,25-26,29-31,33-36,39-48,50-52,54-57H,14-15H2,1-2H3/t16-,25+,26+,29-,30+,31+,33+,34-,35-,36+,39+,40+,41-,42+,43-/m0/s1. The van der Waals surface area contributed by atoms with Gasteiger partial charge in [-0.15, -0.1) is 0 Å². The van der Waals surface area contributed by atoms with E-state index in [0.29, 0.717) is 5.56 Å². The van der Waals surface area contributed by atoms with Crippen LogP contribution in [0.5, 0.6) is 34.5 Å². The predicted octanol–water partition coefficient (Wildman–Crippen LogP) is -1.94. The molecule has 3 fully saturated rings. The molecule has 3 saturated heterocycles. The van der Waals surface area contributed by atoms with Crippen molar-refractivity contribution in [3.05, 3.63) is 76.5 Å². The number of aliphatic hydroxyl groups is 9. The van der Waals surface area contributed by atoms with Crippen molar-refractivity contribution in [3.8, 4) is 45.8 Å². The van der Waals surface area contributed by atoms with E-state index in [1.54, 1.807) is 0 Å². The number of benzene rings is 3. The average molecular weight is 933 g/mol. The summed E-state index contributed by atoms with van der Waals surface area (Å²) in [6, 6.07) is 11.3. The van der Waals surface area contributed by atoms with Crippen molar-refractivity contribution in [1.29, 1.82) is 0 Å². The fourth-order valence-electron chi connectivity index (χ4n) is 7.47. The zero-order valence-corrected chi connectivity index (χ0v) is 34.8. The van der Waals surface area contributed by atoms with E-state index in [0.717, 1.165) is 18.2 Å².